The molecule has 1 fully saturated rings. The number of carboxylic acids is 1. The van der Waals surface area contributed by atoms with Gasteiger partial charge in [0.05, 0.1) is 18.2 Å². The number of rotatable bonds is 5. The van der Waals surface area contributed by atoms with Crippen molar-refractivity contribution in [3.8, 4) is 0 Å². The van der Waals surface area contributed by atoms with Crippen LogP contribution in [0.25, 0.3) is 0 Å². The highest BCUT2D eigenvalue weighted by molar-refractivity contribution is 5.71. The highest BCUT2D eigenvalue weighted by Gasteiger charge is 2.33. The highest BCUT2D eigenvalue weighted by Crippen LogP contribution is 2.33. The second-order valence-corrected chi connectivity index (χ2v) is 5.65. The van der Waals surface area contributed by atoms with Gasteiger partial charge in [-0.25, -0.2) is 0 Å². The van der Waals surface area contributed by atoms with E-state index >= 15 is 0 Å². The van der Waals surface area contributed by atoms with Gasteiger partial charge < -0.3 is 9.84 Å². The van der Waals surface area contributed by atoms with Gasteiger partial charge in [0.2, 0.25) is 0 Å². The molecule has 1 aliphatic heterocycles. The molecule has 1 aromatic heterocycles. The minimum Gasteiger partial charge on any atom is -0.481 e. The zero-order chi connectivity index (χ0) is 15.4. The number of hydrogen-bond donors (Lipinski definition) is 1. The zero-order valence-electron chi connectivity index (χ0n) is 12.4. The van der Waals surface area contributed by atoms with Gasteiger partial charge in [-0.15, -0.1) is 0 Å². The molecule has 5 nitrogen and oxygen atoms in total. The Morgan fingerprint density at radius 2 is 2.18 bits per heavy atom. The van der Waals surface area contributed by atoms with Crippen LogP contribution in [0.3, 0.4) is 0 Å². The molecule has 1 N–H and O–H groups in total. The Morgan fingerprint density at radius 1 is 1.36 bits per heavy atom. The maximum atomic E-state index is 11.3. The van der Waals surface area contributed by atoms with E-state index in [1.807, 2.05) is 29.1 Å². The van der Waals surface area contributed by atoms with Gasteiger partial charge in [0.15, 0.2) is 0 Å². The number of nitrogens with zero attached hydrogens (tertiary/aromatic N) is 2. The van der Waals surface area contributed by atoms with Crippen molar-refractivity contribution in [2.75, 3.05) is 6.61 Å². The van der Waals surface area contributed by atoms with E-state index in [4.69, 9.17) is 4.74 Å². The van der Waals surface area contributed by atoms with E-state index in [2.05, 4.69) is 17.2 Å². The fraction of sp³-hybridized carbons (Fsp3) is 0.412. The molecule has 0 bridgehead atoms. The third kappa shape index (κ3) is 3.36. The first-order chi connectivity index (χ1) is 10.7. The highest BCUT2D eigenvalue weighted by atomic mass is 16.5. The Kier molecular flexibility index (Phi) is 4.53. The number of benzene rings is 1. The first-order valence-electron chi connectivity index (χ1n) is 7.65. The van der Waals surface area contributed by atoms with Crippen molar-refractivity contribution in [1.82, 2.24) is 9.78 Å². The van der Waals surface area contributed by atoms with Crippen LogP contribution in [-0.4, -0.2) is 27.5 Å². The molecule has 1 aliphatic rings. The lowest BCUT2D eigenvalue weighted by atomic mass is 9.91. The molecular weight excluding hydrogens is 280 g/mol. The van der Waals surface area contributed by atoms with Crippen molar-refractivity contribution in [2.24, 2.45) is 5.92 Å². The third-order valence-corrected chi connectivity index (χ3v) is 4.09. The maximum absolute atomic E-state index is 11.3. The van der Waals surface area contributed by atoms with E-state index in [9.17, 15) is 9.90 Å². The zero-order valence-corrected chi connectivity index (χ0v) is 12.4. The quantitative estimate of drug-likeness (QED) is 0.922. The van der Waals surface area contributed by atoms with E-state index < -0.39 is 11.9 Å². The van der Waals surface area contributed by atoms with Crippen LogP contribution in [-0.2, 0) is 22.5 Å². The molecule has 116 valence electrons. The fourth-order valence-corrected chi connectivity index (χ4v) is 2.90. The first kappa shape index (κ1) is 14.8. The van der Waals surface area contributed by atoms with E-state index in [-0.39, 0.29) is 6.10 Å². The van der Waals surface area contributed by atoms with Gasteiger partial charge in [-0.2, -0.15) is 5.10 Å². The van der Waals surface area contributed by atoms with Crippen molar-refractivity contribution < 1.29 is 14.6 Å². The molecule has 2 heterocycles. The average Bonchev–Trinajstić information content (AvgIpc) is 3.03. The van der Waals surface area contributed by atoms with Crippen molar-refractivity contribution in [1.29, 1.82) is 0 Å². The minimum absolute atomic E-state index is 0.378. The third-order valence-electron chi connectivity index (χ3n) is 4.09. The van der Waals surface area contributed by atoms with Crippen LogP contribution in [0.15, 0.2) is 42.7 Å². The van der Waals surface area contributed by atoms with E-state index in [0.717, 1.165) is 24.9 Å². The average molecular weight is 300 g/mol. The van der Waals surface area contributed by atoms with Crippen molar-refractivity contribution in [3.63, 3.8) is 0 Å². The minimum atomic E-state index is -0.790. The van der Waals surface area contributed by atoms with Crippen LogP contribution in [0.5, 0.6) is 0 Å². The summed E-state index contributed by atoms with van der Waals surface area (Å²) in [7, 11) is 0. The van der Waals surface area contributed by atoms with Gasteiger partial charge in [-0.05, 0) is 24.8 Å². The molecule has 0 spiro atoms. The molecule has 2 atom stereocenters. The molecule has 3 rings (SSSR count). The van der Waals surface area contributed by atoms with Gasteiger partial charge in [0.1, 0.15) is 0 Å². The number of aryl methyl sites for hydroxylation is 2. The summed E-state index contributed by atoms with van der Waals surface area (Å²) in [6, 6.07) is 10.2. The van der Waals surface area contributed by atoms with Crippen LogP contribution >= 0.6 is 0 Å². The van der Waals surface area contributed by atoms with Crippen molar-refractivity contribution in [2.45, 2.75) is 31.9 Å². The lowest BCUT2D eigenvalue weighted by molar-refractivity contribution is -0.151. The number of carboxylic acid groups (broad SMARTS) is 1. The summed E-state index contributed by atoms with van der Waals surface area (Å²) in [5, 5.41) is 13.7. The molecule has 1 aromatic carbocycles. The lowest BCUT2D eigenvalue weighted by Crippen LogP contribution is -2.28. The van der Waals surface area contributed by atoms with Crippen LogP contribution in [0, 0.1) is 5.92 Å². The summed E-state index contributed by atoms with van der Waals surface area (Å²) < 4.78 is 7.54. The van der Waals surface area contributed by atoms with Gasteiger partial charge in [0, 0.05) is 24.9 Å². The molecule has 1 saturated heterocycles. The van der Waals surface area contributed by atoms with Crippen molar-refractivity contribution >= 4 is 5.97 Å². The van der Waals surface area contributed by atoms with Gasteiger partial charge >= 0.3 is 5.97 Å². The Labute approximate surface area is 129 Å². The van der Waals surface area contributed by atoms with Crippen LogP contribution < -0.4 is 0 Å². The molecular formula is C17H20N2O3. The fourth-order valence-electron chi connectivity index (χ4n) is 2.90. The maximum Gasteiger partial charge on any atom is 0.309 e. The summed E-state index contributed by atoms with van der Waals surface area (Å²) in [6.45, 7) is 1.39. The second kappa shape index (κ2) is 6.75. The lowest BCUT2D eigenvalue weighted by Gasteiger charge is -2.28. The van der Waals surface area contributed by atoms with Gasteiger partial charge in [-0.1, -0.05) is 30.3 Å². The predicted molar refractivity (Wildman–Crippen MR) is 81.4 cm³/mol. The Balaban J connectivity index is 1.66. The molecule has 0 radical (unpaired) electrons. The first-order valence-corrected chi connectivity index (χ1v) is 7.65. The monoisotopic (exact) mass is 300 g/mol. The van der Waals surface area contributed by atoms with Gasteiger partial charge in [0.25, 0.3) is 0 Å². The summed E-state index contributed by atoms with van der Waals surface area (Å²) in [6.07, 6.45) is 5.63. The molecule has 0 amide bonds. The number of ether oxygens (including phenoxy) is 1. The Hall–Kier alpha value is -2.14. The second-order valence-electron chi connectivity index (χ2n) is 5.65. The Morgan fingerprint density at radius 3 is 2.95 bits per heavy atom. The van der Waals surface area contributed by atoms with Crippen LogP contribution in [0.2, 0.25) is 0 Å². The molecule has 0 unspecified atom stereocenters. The number of aliphatic carboxylic acids is 1. The summed E-state index contributed by atoms with van der Waals surface area (Å²) in [5.41, 5.74) is 2.12. The number of carbonyl (C=O) groups is 1. The molecule has 22 heavy (non-hydrogen) atoms. The number of aromatic nitrogens is 2. The van der Waals surface area contributed by atoms with E-state index in [1.54, 1.807) is 6.20 Å². The van der Waals surface area contributed by atoms with Gasteiger partial charge in [-0.3, -0.25) is 9.48 Å². The largest absolute Gasteiger partial charge is 0.481 e. The van der Waals surface area contributed by atoms with E-state index in [1.165, 1.54) is 5.56 Å². The normalized spacial score (nSPS) is 21.6. The predicted octanol–water partition coefficient (Wildman–Crippen LogP) is 2.68. The molecule has 2 aromatic rings. The standard InChI is InChI=1S/C17H20N2O3/c20-17(21)15-7-4-10-22-16(15)14-11-18-19(12-14)9-8-13-5-2-1-3-6-13/h1-3,5-6,11-12,15-16H,4,7-10H2,(H,20,21)/t15-,16+/m1/s1. The number of hydrogen-bond acceptors (Lipinski definition) is 3. The SMILES string of the molecule is O=C(O)[C@@H]1CCCO[C@H]1c1cnn(CCc2ccccc2)c1. The van der Waals surface area contributed by atoms with Crippen LogP contribution in [0.4, 0.5) is 0 Å². The molecule has 0 aliphatic carbocycles. The summed E-state index contributed by atoms with van der Waals surface area (Å²) in [5.74, 6) is -1.26. The van der Waals surface area contributed by atoms with Crippen molar-refractivity contribution in [3.05, 3.63) is 53.9 Å². The Bertz CT molecular complexity index is 624. The summed E-state index contributed by atoms with van der Waals surface area (Å²) in [4.78, 5) is 11.3. The molecule has 5 heteroatoms. The summed E-state index contributed by atoms with van der Waals surface area (Å²) >= 11 is 0. The smallest absolute Gasteiger partial charge is 0.309 e. The topological polar surface area (TPSA) is 64.3 Å². The van der Waals surface area contributed by atoms with Crippen LogP contribution in [0.1, 0.15) is 30.1 Å². The molecule has 0 saturated carbocycles. The van der Waals surface area contributed by atoms with E-state index in [0.29, 0.717) is 13.0 Å².